The summed E-state index contributed by atoms with van der Waals surface area (Å²) in [6.07, 6.45) is 2.04. The number of esters is 1. The van der Waals surface area contributed by atoms with E-state index in [2.05, 4.69) is 0 Å². The smallest absolute Gasteiger partial charge is 0.313 e. The highest BCUT2D eigenvalue weighted by molar-refractivity contribution is 7.98. The van der Waals surface area contributed by atoms with Crippen LogP contribution in [0.25, 0.3) is 10.8 Å². The fraction of sp³-hybridized carbons (Fsp3) is 0.227. The Kier molecular flexibility index (Phi) is 5.84. The fourth-order valence-corrected chi connectivity index (χ4v) is 3.18. The van der Waals surface area contributed by atoms with Gasteiger partial charge in [0.05, 0.1) is 13.0 Å². The first-order valence-electron chi connectivity index (χ1n) is 8.48. The van der Waals surface area contributed by atoms with Gasteiger partial charge in [-0.15, -0.1) is 11.8 Å². The predicted octanol–water partition coefficient (Wildman–Crippen LogP) is 5.42. The van der Waals surface area contributed by atoms with Crippen molar-refractivity contribution in [1.82, 2.24) is 0 Å². The molecule has 1 atom stereocenters. The molecule has 3 aromatic carbocycles. The molecule has 0 aliphatic heterocycles. The van der Waals surface area contributed by atoms with Crippen molar-refractivity contribution >= 4 is 28.5 Å². The third kappa shape index (κ3) is 4.20. The van der Waals surface area contributed by atoms with Crippen LogP contribution in [0.4, 0.5) is 0 Å². The average molecular weight is 366 g/mol. The fourth-order valence-electron chi connectivity index (χ4n) is 2.78. The highest BCUT2D eigenvalue weighted by Gasteiger charge is 2.17. The van der Waals surface area contributed by atoms with Gasteiger partial charge in [-0.2, -0.15) is 0 Å². The zero-order valence-corrected chi connectivity index (χ0v) is 16.0. The Labute approximate surface area is 158 Å². The summed E-state index contributed by atoms with van der Waals surface area (Å²) in [7, 11) is 1.66. The Morgan fingerprint density at radius 3 is 2.38 bits per heavy atom. The number of methoxy groups -OCH3 is 1. The van der Waals surface area contributed by atoms with Crippen LogP contribution in [-0.4, -0.2) is 19.3 Å². The van der Waals surface area contributed by atoms with Gasteiger partial charge >= 0.3 is 5.97 Å². The molecule has 0 saturated carbocycles. The second-order valence-electron chi connectivity index (χ2n) is 6.15. The minimum absolute atomic E-state index is 0.216. The van der Waals surface area contributed by atoms with Crippen molar-refractivity contribution in [1.29, 1.82) is 0 Å². The standard InChI is InChI=1S/C22H22O3S/c1-15(22(23)25-14-16-4-10-21(26-3)11-5-16)17-6-7-19-13-20(24-2)9-8-18(19)12-17/h4-13,15H,14H2,1-3H3. The minimum Gasteiger partial charge on any atom is -0.497 e. The van der Waals surface area contributed by atoms with Crippen molar-refractivity contribution in [2.24, 2.45) is 0 Å². The van der Waals surface area contributed by atoms with E-state index in [1.807, 2.05) is 73.8 Å². The van der Waals surface area contributed by atoms with E-state index in [0.29, 0.717) is 6.61 Å². The van der Waals surface area contributed by atoms with Gasteiger partial charge in [0.1, 0.15) is 12.4 Å². The summed E-state index contributed by atoms with van der Waals surface area (Å²) >= 11 is 1.69. The Morgan fingerprint density at radius 1 is 1.00 bits per heavy atom. The molecule has 3 rings (SSSR count). The van der Waals surface area contributed by atoms with Crippen LogP contribution < -0.4 is 4.74 Å². The monoisotopic (exact) mass is 366 g/mol. The van der Waals surface area contributed by atoms with Gasteiger partial charge in [0, 0.05) is 4.90 Å². The molecule has 0 aromatic heterocycles. The van der Waals surface area contributed by atoms with Gasteiger partial charge in [-0.1, -0.05) is 36.4 Å². The summed E-state index contributed by atoms with van der Waals surface area (Å²) in [4.78, 5) is 13.6. The third-order valence-corrected chi connectivity index (χ3v) is 5.21. The van der Waals surface area contributed by atoms with Crippen LogP contribution in [0, 0.1) is 0 Å². The van der Waals surface area contributed by atoms with E-state index >= 15 is 0 Å². The van der Waals surface area contributed by atoms with Crippen LogP contribution in [0.15, 0.2) is 65.6 Å². The number of carbonyl (C=O) groups excluding carboxylic acids is 1. The third-order valence-electron chi connectivity index (χ3n) is 4.47. The average Bonchev–Trinajstić information content (AvgIpc) is 2.70. The van der Waals surface area contributed by atoms with Crippen LogP contribution in [0.3, 0.4) is 0 Å². The van der Waals surface area contributed by atoms with E-state index in [-0.39, 0.29) is 11.9 Å². The molecule has 4 heteroatoms. The van der Waals surface area contributed by atoms with Gasteiger partial charge < -0.3 is 9.47 Å². The molecule has 1 unspecified atom stereocenters. The summed E-state index contributed by atoms with van der Waals surface area (Å²) in [5, 5.41) is 2.16. The van der Waals surface area contributed by atoms with E-state index in [0.717, 1.165) is 27.6 Å². The molecule has 0 N–H and O–H groups in total. The number of hydrogen-bond acceptors (Lipinski definition) is 4. The second-order valence-corrected chi connectivity index (χ2v) is 7.03. The quantitative estimate of drug-likeness (QED) is 0.431. The Hall–Kier alpha value is -2.46. The molecule has 0 heterocycles. The lowest BCUT2D eigenvalue weighted by Gasteiger charge is -2.13. The van der Waals surface area contributed by atoms with Crippen LogP contribution in [-0.2, 0) is 16.1 Å². The zero-order chi connectivity index (χ0) is 18.5. The molecule has 0 aliphatic carbocycles. The number of benzene rings is 3. The first-order valence-corrected chi connectivity index (χ1v) is 9.70. The Balaban J connectivity index is 1.68. The molecule has 3 aromatic rings. The number of hydrogen-bond donors (Lipinski definition) is 0. The molecule has 0 bridgehead atoms. The van der Waals surface area contributed by atoms with Crippen molar-refractivity contribution in [2.75, 3.05) is 13.4 Å². The van der Waals surface area contributed by atoms with Crippen molar-refractivity contribution in [3.05, 3.63) is 71.8 Å². The number of thioether (sulfide) groups is 1. The molecular weight excluding hydrogens is 344 g/mol. The predicted molar refractivity (Wildman–Crippen MR) is 107 cm³/mol. The van der Waals surface area contributed by atoms with Gasteiger partial charge in [-0.05, 0) is 59.3 Å². The molecule has 0 aliphatic rings. The van der Waals surface area contributed by atoms with E-state index in [4.69, 9.17) is 9.47 Å². The lowest BCUT2D eigenvalue weighted by molar-refractivity contribution is -0.146. The topological polar surface area (TPSA) is 35.5 Å². The highest BCUT2D eigenvalue weighted by atomic mass is 32.2. The molecular formula is C22H22O3S. The first-order chi connectivity index (χ1) is 12.6. The largest absolute Gasteiger partial charge is 0.497 e. The van der Waals surface area contributed by atoms with Gasteiger partial charge in [-0.25, -0.2) is 0 Å². The number of rotatable bonds is 6. The maximum atomic E-state index is 12.4. The number of carbonyl (C=O) groups is 1. The highest BCUT2D eigenvalue weighted by Crippen LogP contribution is 2.26. The number of ether oxygens (including phenoxy) is 2. The van der Waals surface area contributed by atoms with Crippen molar-refractivity contribution in [3.8, 4) is 5.75 Å². The van der Waals surface area contributed by atoms with E-state index in [1.165, 1.54) is 4.90 Å². The van der Waals surface area contributed by atoms with Crippen LogP contribution in [0.5, 0.6) is 5.75 Å². The minimum atomic E-state index is -0.313. The van der Waals surface area contributed by atoms with Crippen LogP contribution >= 0.6 is 11.8 Å². The molecule has 134 valence electrons. The molecule has 0 fully saturated rings. The lowest BCUT2D eigenvalue weighted by atomic mass is 9.98. The van der Waals surface area contributed by atoms with Crippen molar-refractivity contribution in [2.45, 2.75) is 24.3 Å². The van der Waals surface area contributed by atoms with Crippen molar-refractivity contribution < 1.29 is 14.3 Å². The summed E-state index contributed by atoms with van der Waals surface area (Å²) in [6.45, 7) is 2.17. The van der Waals surface area contributed by atoms with E-state index in [1.54, 1.807) is 18.9 Å². The lowest BCUT2D eigenvalue weighted by Crippen LogP contribution is -2.13. The summed E-state index contributed by atoms with van der Waals surface area (Å²) < 4.78 is 10.8. The number of fused-ring (bicyclic) bond motifs is 1. The maximum absolute atomic E-state index is 12.4. The first kappa shape index (κ1) is 18.3. The molecule has 26 heavy (non-hydrogen) atoms. The molecule has 0 radical (unpaired) electrons. The van der Waals surface area contributed by atoms with Gasteiger partial charge in [0.15, 0.2) is 0 Å². The van der Waals surface area contributed by atoms with Crippen LogP contribution in [0.1, 0.15) is 24.0 Å². The van der Waals surface area contributed by atoms with Gasteiger partial charge in [-0.3, -0.25) is 4.79 Å². The Morgan fingerprint density at radius 2 is 1.69 bits per heavy atom. The SMILES string of the molecule is COc1ccc2cc(C(C)C(=O)OCc3ccc(SC)cc3)ccc2c1. The molecule has 3 nitrogen and oxygen atoms in total. The molecule has 0 saturated heterocycles. The zero-order valence-electron chi connectivity index (χ0n) is 15.2. The van der Waals surface area contributed by atoms with Crippen LogP contribution in [0.2, 0.25) is 0 Å². The summed E-state index contributed by atoms with van der Waals surface area (Å²) in [5.74, 6) is 0.295. The second kappa shape index (κ2) is 8.28. The maximum Gasteiger partial charge on any atom is 0.313 e. The summed E-state index contributed by atoms with van der Waals surface area (Å²) in [5.41, 5.74) is 1.94. The van der Waals surface area contributed by atoms with Gasteiger partial charge in [0.2, 0.25) is 0 Å². The molecule has 0 amide bonds. The normalized spacial score (nSPS) is 12.0. The summed E-state index contributed by atoms with van der Waals surface area (Å²) in [6, 6.07) is 20.0. The van der Waals surface area contributed by atoms with Gasteiger partial charge in [0.25, 0.3) is 0 Å². The van der Waals surface area contributed by atoms with E-state index < -0.39 is 0 Å². The molecule has 0 spiro atoms. The van der Waals surface area contributed by atoms with E-state index in [9.17, 15) is 4.79 Å². The van der Waals surface area contributed by atoms with Crippen molar-refractivity contribution in [3.63, 3.8) is 0 Å². The Bertz CT molecular complexity index is 903.